The predicted octanol–water partition coefficient (Wildman–Crippen LogP) is 5.52. The van der Waals surface area contributed by atoms with Crippen LogP contribution in [0.4, 0.5) is 8.78 Å². The third-order valence-electron chi connectivity index (χ3n) is 6.25. The molecule has 1 N–H and O–H groups in total. The van der Waals surface area contributed by atoms with Gasteiger partial charge in [0.15, 0.2) is 9.84 Å². The van der Waals surface area contributed by atoms with Gasteiger partial charge < -0.3 is 14.7 Å². The van der Waals surface area contributed by atoms with Gasteiger partial charge in [0.05, 0.1) is 16.4 Å². The number of aliphatic hydroxyl groups is 1. The quantitative estimate of drug-likeness (QED) is 0.579. The van der Waals surface area contributed by atoms with E-state index in [0.29, 0.717) is 46.8 Å². The third kappa shape index (κ3) is 4.09. The van der Waals surface area contributed by atoms with E-state index in [1.54, 1.807) is 48.4 Å². The molecule has 2 aromatic rings. The van der Waals surface area contributed by atoms with Crippen LogP contribution >= 0.6 is 0 Å². The number of aliphatic hydroxyl groups excluding tert-OH is 1. The molecule has 0 radical (unpaired) electrons. The Morgan fingerprint density at radius 2 is 1.91 bits per heavy atom. The molecule has 0 amide bonds. The number of rotatable bonds is 6. The van der Waals surface area contributed by atoms with Crippen LogP contribution in [0.1, 0.15) is 37.4 Å². The van der Waals surface area contributed by atoms with Gasteiger partial charge >= 0.3 is 0 Å². The molecule has 1 aromatic heterocycles. The Labute approximate surface area is 196 Å². The lowest BCUT2D eigenvalue weighted by Crippen LogP contribution is -2.35. The van der Waals surface area contributed by atoms with Crippen LogP contribution in [0.2, 0.25) is 0 Å². The number of ether oxygens (including phenoxy) is 1. The molecule has 9 heteroatoms. The summed E-state index contributed by atoms with van der Waals surface area (Å²) in [6.07, 6.45) is 5.74. The van der Waals surface area contributed by atoms with Crippen LogP contribution in [0.25, 0.3) is 5.57 Å². The van der Waals surface area contributed by atoms with Gasteiger partial charge in [-0.25, -0.2) is 8.42 Å². The Hall–Kier alpha value is -3.20. The first-order valence-electron chi connectivity index (χ1n) is 11.2. The van der Waals surface area contributed by atoms with Crippen molar-refractivity contribution in [1.29, 1.82) is 0 Å². The fourth-order valence-electron chi connectivity index (χ4n) is 4.37. The van der Waals surface area contributed by atoms with Crippen molar-refractivity contribution in [3.8, 4) is 11.5 Å². The molecule has 0 atom stereocenters. The van der Waals surface area contributed by atoms with E-state index in [0.717, 1.165) is 0 Å². The molecule has 1 aromatic carbocycles. The first kappa shape index (κ1) is 22.6. The minimum absolute atomic E-state index is 0.00275. The van der Waals surface area contributed by atoms with Gasteiger partial charge in [0.1, 0.15) is 23.0 Å². The summed E-state index contributed by atoms with van der Waals surface area (Å²) in [7, 11) is -3.37. The minimum Gasteiger partial charge on any atom is -0.506 e. The average Bonchev–Trinajstić information content (AvgIpc) is 3.66. The van der Waals surface area contributed by atoms with E-state index in [2.05, 4.69) is 4.98 Å². The predicted molar refractivity (Wildman–Crippen MR) is 124 cm³/mol. The smallest absolute Gasteiger partial charge is 0.292 e. The molecule has 178 valence electrons. The molecule has 0 unspecified atom stereocenters. The fraction of sp³-hybridized carbons (Fsp3) is 0.320. The van der Waals surface area contributed by atoms with Crippen LogP contribution in [0, 0.1) is 5.92 Å². The molecule has 3 aliphatic rings. The zero-order valence-corrected chi connectivity index (χ0v) is 19.4. The average molecular weight is 487 g/mol. The highest BCUT2D eigenvalue weighted by molar-refractivity contribution is 7.95. The summed E-state index contributed by atoms with van der Waals surface area (Å²) in [4.78, 5) is 5.95. The normalized spacial score (nSPS) is 19.9. The van der Waals surface area contributed by atoms with Crippen molar-refractivity contribution in [2.75, 3.05) is 12.3 Å². The fourth-order valence-corrected chi connectivity index (χ4v) is 6.01. The number of pyridine rings is 1. The first-order chi connectivity index (χ1) is 16.2. The number of fused-ring (bicyclic) bond motifs is 1. The molecule has 0 saturated heterocycles. The summed E-state index contributed by atoms with van der Waals surface area (Å²) in [6.45, 7) is 2.06. The number of halogens is 2. The van der Waals surface area contributed by atoms with Crippen molar-refractivity contribution < 1.29 is 27.0 Å². The monoisotopic (exact) mass is 486 g/mol. The van der Waals surface area contributed by atoms with Gasteiger partial charge in [0.2, 0.25) is 0 Å². The number of hydrogen-bond donors (Lipinski definition) is 1. The lowest BCUT2D eigenvalue weighted by Gasteiger charge is -2.34. The Morgan fingerprint density at radius 3 is 2.59 bits per heavy atom. The van der Waals surface area contributed by atoms with Crippen LogP contribution in [-0.2, 0) is 15.8 Å². The Balaban J connectivity index is 1.43. The first-order valence-corrected chi connectivity index (χ1v) is 12.8. The van der Waals surface area contributed by atoms with Gasteiger partial charge in [-0.05, 0) is 49.1 Å². The molecule has 5 rings (SSSR count). The highest BCUT2D eigenvalue weighted by atomic mass is 32.2. The molecule has 1 aliphatic carbocycles. The summed E-state index contributed by atoms with van der Waals surface area (Å²) >= 11 is 0. The molecule has 1 saturated carbocycles. The van der Waals surface area contributed by atoms with Gasteiger partial charge in [-0.2, -0.15) is 8.78 Å². The Bertz CT molecular complexity index is 1330. The van der Waals surface area contributed by atoms with Crippen LogP contribution in [0.15, 0.2) is 71.2 Å². The zero-order chi connectivity index (χ0) is 24.1. The summed E-state index contributed by atoms with van der Waals surface area (Å²) in [6, 6.07) is 9.65. The summed E-state index contributed by atoms with van der Waals surface area (Å²) in [5, 5.41) is 10.2. The molecule has 34 heavy (non-hydrogen) atoms. The van der Waals surface area contributed by atoms with Gasteiger partial charge in [0.25, 0.3) is 5.92 Å². The van der Waals surface area contributed by atoms with E-state index in [1.165, 1.54) is 18.3 Å². The van der Waals surface area contributed by atoms with E-state index in [1.807, 2.05) is 0 Å². The summed E-state index contributed by atoms with van der Waals surface area (Å²) in [5.41, 5.74) is 1.57. The maximum absolute atomic E-state index is 14.4. The van der Waals surface area contributed by atoms with Crippen molar-refractivity contribution >= 4 is 15.4 Å². The molecule has 2 aliphatic heterocycles. The summed E-state index contributed by atoms with van der Waals surface area (Å²) in [5.74, 6) is -2.90. The second-order valence-electron chi connectivity index (χ2n) is 8.65. The highest BCUT2D eigenvalue weighted by Gasteiger charge is 2.49. The number of alkyl halides is 2. The number of benzene rings is 1. The number of allylic oxidation sites excluding steroid dienone is 3. The maximum atomic E-state index is 14.4. The number of aromatic nitrogens is 1. The molecule has 1 fully saturated rings. The van der Waals surface area contributed by atoms with Crippen molar-refractivity contribution in [2.24, 2.45) is 5.92 Å². The number of sulfone groups is 1. The van der Waals surface area contributed by atoms with Gasteiger partial charge in [-0.15, -0.1) is 0 Å². The van der Waals surface area contributed by atoms with Gasteiger partial charge in [-0.1, -0.05) is 19.1 Å². The van der Waals surface area contributed by atoms with Crippen LogP contribution in [-0.4, -0.2) is 35.7 Å². The molecule has 0 spiro atoms. The zero-order valence-electron chi connectivity index (χ0n) is 18.5. The largest absolute Gasteiger partial charge is 0.506 e. The second kappa shape index (κ2) is 8.23. The highest BCUT2D eigenvalue weighted by Crippen LogP contribution is 2.49. The lowest BCUT2D eigenvalue weighted by atomic mass is 9.97. The minimum atomic E-state index is -3.37. The van der Waals surface area contributed by atoms with Crippen LogP contribution in [0.3, 0.4) is 0 Å². The standard InChI is InChI=1S/C25H24F2N2O4S/c1-2-22-24-21(13-18(30)15-29(24)11-12-34(22,31)32)16-3-7-19(8-4-16)33-20-9-10-28-23(14-20)25(26,27)17-5-6-17/h3-4,7-10,13-15,17,30H,2,5-6,11-12H2,1H3. The van der Waals surface area contributed by atoms with Crippen molar-refractivity contribution in [3.63, 3.8) is 0 Å². The maximum Gasteiger partial charge on any atom is 0.292 e. The molecular weight excluding hydrogens is 462 g/mol. The molecular formula is C25H24F2N2O4S. The van der Waals surface area contributed by atoms with E-state index in [9.17, 15) is 22.3 Å². The second-order valence-corrected chi connectivity index (χ2v) is 10.8. The van der Waals surface area contributed by atoms with Gasteiger partial charge in [-0.3, -0.25) is 4.98 Å². The van der Waals surface area contributed by atoms with E-state index < -0.39 is 21.7 Å². The number of nitrogens with zero attached hydrogens (tertiary/aromatic N) is 2. The molecule has 3 heterocycles. The van der Waals surface area contributed by atoms with E-state index >= 15 is 0 Å². The van der Waals surface area contributed by atoms with E-state index in [-0.39, 0.29) is 29.5 Å². The van der Waals surface area contributed by atoms with Crippen molar-refractivity contribution in [1.82, 2.24) is 9.88 Å². The number of hydrogen-bond acceptors (Lipinski definition) is 6. The lowest BCUT2D eigenvalue weighted by molar-refractivity contribution is -0.0330. The molecule has 6 nitrogen and oxygen atoms in total. The SMILES string of the molecule is CCC1=C2C(c3ccc(Oc4ccnc(C(F)(F)C5CC5)c4)cc3)=CC(O)=CN2CCS1(=O)=O. The van der Waals surface area contributed by atoms with Crippen LogP contribution < -0.4 is 4.74 Å². The van der Waals surface area contributed by atoms with Crippen molar-refractivity contribution in [2.45, 2.75) is 32.1 Å². The van der Waals surface area contributed by atoms with E-state index in [4.69, 9.17) is 4.74 Å². The Morgan fingerprint density at radius 1 is 1.18 bits per heavy atom. The van der Waals surface area contributed by atoms with Crippen molar-refractivity contribution in [3.05, 3.63) is 82.5 Å². The van der Waals surface area contributed by atoms with Crippen LogP contribution in [0.5, 0.6) is 11.5 Å². The Kier molecular flexibility index (Phi) is 5.47. The molecule has 0 bridgehead atoms. The third-order valence-corrected chi connectivity index (χ3v) is 8.20. The summed E-state index contributed by atoms with van der Waals surface area (Å²) < 4.78 is 59.9. The van der Waals surface area contributed by atoms with Gasteiger partial charge in [0, 0.05) is 36.5 Å². The topological polar surface area (TPSA) is 79.7 Å².